The first kappa shape index (κ1) is 24.3. The number of carbonyl (C=O) groups is 3. The van der Waals surface area contributed by atoms with Crippen LogP contribution < -0.4 is 10.6 Å². The van der Waals surface area contributed by atoms with Crippen LogP contribution in [0.5, 0.6) is 0 Å². The van der Waals surface area contributed by atoms with Crippen LogP contribution in [0.3, 0.4) is 0 Å². The monoisotopic (exact) mass is 492 g/mol. The third-order valence-corrected chi connectivity index (χ3v) is 6.29. The molecule has 0 radical (unpaired) electrons. The molecular formula is C27H25ClN2O5. The molecule has 3 aromatic rings. The maximum Gasteiger partial charge on any atom is 0.411 e. The average molecular weight is 493 g/mol. The van der Waals surface area contributed by atoms with E-state index in [9.17, 15) is 14.4 Å². The second kappa shape index (κ2) is 10.6. The molecule has 0 saturated carbocycles. The Morgan fingerprint density at radius 2 is 1.63 bits per heavy atom. The lowest BCUT2D eigenvalue weighted by Gasteiger charge is -2.15. The molecule has 8 heteroatoms. The van der Waals surface area contributed by atoms with Crippen LogP contribution >= 0.6 is 11.6 Å². The molecule has 1 aliphatic carbocycles. The topological polar surface area (TPSA) is 105 Å². The first-order chi connectivity index (χ1) is 16.8. The number of ether oxygens (including phenoxy) is 1. The molecule has 0 fully saturated rings. The molecule has 0 heterocycles. The van der Waals surface area contributed by atoms with E-state index in [0.29, 0.717) is 17.7 Å². The minimum absolute atomic E-state index is 0.0365. The van der Waals surface area contributed by atoms with Crippen molar-refractivity contribution < 1.29 is 24.2 Å². The highest BCUT2D eigenvalue weighted by Gasteiger charge is 2.29. The molecule has 0 aliphatic heterocycles. The zero-order chi connectivity index (χ0) is 24.9. The van der Waals surface area contributed by atoms with Crippen LogP contribution in [0.15, 0.2) is 66.7 Å². The average Bonchev–Trinajstić information content (AvgIpc) is 3.16. The van der Waals surface area contributed by atoms with Gasteiger partial charge in [-0.15, -0.1) is 0 Å². The number of hydrogen-bond donors (Lipinski definition) is 3. The number of carboxylic acid groups (broad SMARTS) is 1. The number of carbonyl (C=O) groups excluding carboxylic acids is 2. The van der Waals surface area contributed by atoms with Crippen molar-refractivity contribution in [2.75, 3.05) is 11.9 Å². The van der Waals surface area contributed by atoms with Gasteiger partial charge in [-0.2, -0.15) is 0 Å². The Labute approximate surface area is 208 Å². The summed E-state index contributed by atoms with van der Waals surface area (Å²) < 4.78 is 5.54. The number of amides is 2. The fourth-order valence-corrected chi connectivity index (χ4v) is 4.45. The summed E-state index contributed by atoms with van der Waals surface area (Å²) in [6.07, 6.45) is -0.366. The fraction of sp³-hybridized carbons (Fsp3) is 0.222. The van der Waals surface area contributed by atoms with Crippen molar-refractivity contribution in [3.63, 3.8) is 0 Å². The maximum atomic E-state index is 12.5. The lowest BCUT2D eigenvalue weighted by Crippen LogP contribution is -2.32. The Morgan fingerprint density at radius 1 is 1.00 bits per heavy atom. The maximum absolute atomic E-state index is 12.5. The third kappa shape index (κ3) is 5.63. The molecule has 35 heavy (non-hydrogen) atoms. The van der Waals surface area contributed by atoms with Gasteiger partial charge >= 0.3 is 12.1 Å². The number of rotatable bonds is 8. The highest BCUT2D eigenvalue weighted by Crippen LogP contribution is 2.44. The molecule has 4 rings (SSSR count). The van der Waals surface area contributed by atoms with E-state index in [1.54, 1.807) is 6.92 Å². The van der Waals surface area contributed by atoms with Crippen molar-refractivity contribution in [2.24, 2.45) is 0 Å². The van der Waals surface area contributed by atoms with E-state index in [0.717, 1.165) is 22.3 Å². The molecule has 7 nitrogen and oxygen atoms in total. The van der Waals surface area contributed by atoms with Gasteiger partial charge in [0.25, 0.3) is 5.91 Å². The van der Waals surface area contributed by atoms with E-state index in [4.69, 9.17) is 21.4 Å². The van der Waals surface area contributed by atoms with Gasteiger partial charge < -0.3 is 15.2 Å². The van der Waals surface area contributed by atoms with E-state index in [-0.39, 0.29) is 35.9 Å². The zero-order valence-corrected chi connectivity index (χ0v) is 19.8. The molecular weight excluding hydrogens is 468 g/mol. The quantitative estimate of drug-likeness (QED) is 0.375. The van der Waals surface area contributed by atoms with Gasteiger partial charge in [0.1, 0.15) is 6.61 Å². The van der Waals surface area contributed by atoms with Crippen LogP contribution in [0.1, 0.15) is 47.2 Å². The van der Waals surface area contributed by atoms with Crippen LogP contribution in [0.25, 0.3) is 11.1 Å². The van der Waals surface area contributed by atoms with E-state index in [1.165, 1.54) is 18.2 Å². The smallest absolute Gasteiger partial charge is 0.411 e. The van der Waals surface area contributed by atoms with Crippen molar-refractivity contribution in [2.45, 2.75) is 31.7 Å². The molecule has 0 saturated heterocycles. The number of aliphatic carboxylic acids is 1. The second-order valence-corrected chi connectivity index (χ2v) is 8.86. The van der Waals surface area contributed by atoms with Gasteiger partial charge in [-0.05, 0) is 53.8 Å². The number of hydrogen-bond acceptors (Lipinski definition) is 4. The van der Waals surface area contributed by atoms with Crippen molar-refractivity contribution in [3.8, 4) is 11.1 Å². The van der Waals surface area contributed by atoms with Gasteiger partial charge in [0.05, 0.1) is 10.7 Å². The van der Waals surface area contributed by atoms with E-state index < -0.39 is 12.1 Å². The third-order valence-electron chi connectivity index (χ3n) is 5.98. The molecule has 3 aromatic carbocycles. The molecule has 0 bridgehead atoms. The van der Waals surface area contributed by atoms with Gasteiger partial charge in [0.2, 0.25) is 0 Å². The zero-order valence-electron chi connectivity index (χ0n) is 19.1. The van der Waals surface area contributed by atoms with Gasteiger partial charge in [0.15, 0.2) is 0 Å². The number of nitrogens with one attached hydrogen (secondary N) is 2. The molecule has 3 N–H and O–H groups in total. The fourth-order valence-electron chi connectivity index (χ4n) is 4.22. The van der Waals surface area contributed by atoms with Crippen LogP contribution in [0, 0.1) is 0 Å². The number of carboxylic acids is 1. The molecule has 0 spiro atoms. The van der Waals surface area contributed by atoms with Crippen molar-refractivity contribution in [1.82, 2.24) is 5.32 Å². The Kier molecular flexibility index (Phi) is 7.36. The largest absolute Gasteiger partial charge is 0.481 e. The van der Waals surface area contributed by atoms with Gasteiger partial charge in [-0.25, -0.2) is 4.79 Å². The molecule has 180 valence electrons. The lowest BCUT2D eigenvalue weighted by atomic mass is 9.98. The summed E-state index contributed by atoms with van der Waals surface area (Å²) in [5.74, 6) is -1.35. The molecule has 2 amide bonds. The summed E-state index contributed by atoms with van der Waals surface area (Å²) in [6, 6.07) is 20.4. The summed E-state index contributed by atoms with van der Waals surface area (Å²) in [5, 5.41) is 14.3. The van der Waals surface area contributed by atoms with Gasteiger partial charge in [-0.1, -0.05) is 60.1 Å². The van der Waals surface area contributed by atoms with Crippen LogP contribution in [0.2, 0.25) is 5.02 Å². The van der Waals surface area contributed by atoms with E-state index in [1.807, 2.05) is 36.4 Å². The minimum atomic E-state index is -0.919. The number of benzene rings is 3. The number of fused-ring (bicyclic) bond motifs is 3. The summed E-state index contributed by atoms with van der Waals surface area (Å²) >= 11 is 6.29. The molecule has 0 aromatic heterocycles. The summed E-state index contributed by atoms with van der Waals surface area (Å²) in [7, 11) is 0. The molecule has 1 aliphatic rings. The predicted molar refractivity (Wildman–Crippen MR) is 134 cm³/mol. The van der Waals surface area contributed by atoms with Crippen LogP contribution in [0.4, 0.5) is 10.5 Å². The first-order valence-electron chi connectivity index (χ1n) is 11.3. The molecule has 1 unspecified atom stereocenters. The standard InChI is InChI=1S/C27H25ClN2O5/c1-16(10-13-25(31)32)29-26(33)17-11-12-24(23(28)14-17)30-27(34)35-15-22-20-8-4-2-6-18(20)19-7-3-5-9-21(19)22/h2-9,11-12,14,16,22H,10,13,15H2,1H3,(H,29,33)(H,30,34)(H,31,32). The Bertz CT molecular complexity index is 1230. The summed E-state index contributed by atoms with van der Waals surface area (Å²) in [6.45, 7) is 1.90. The van der Waals surface area contributed by atoms with Gasteiger partial charge in [0, 0.05) is 23.9 Å². The first-order valence-corrected chi connectivity index (χ1v) is 11.7. The number of anilines is 1. The van der Waals surface area contributed by atoms with Crippen molar-refractivity contribution >= 4 is 35.3 Å². The molecule has 1 atom stereocenters. The summed E-state index contributed by atoms with van der Waals surface area (Å²) in [4.78, 5) is 35.6. The van der Waals surface area contributed by atoms with Crippen molar-refractivity contribution in [3.05, 3.63) is 88.4 Å². The SMILES string of the molecule is CC(CCC(=O)O)NC(=O)c1ccc(NC(=O)OCC2c3ccccc3-c3ccccc32)c(Cl)c1. The van der Waals surface area contributed by atoms with Crippen molar-refractivity contribution in [1.29, 1.82) is 0 Å². The number of halogens is 1. The summed E-state index contributed by atoms with van der Waals surface area (Å²) in [5.41, 5.74) is 5.15. The predicted octanol–water partition coefficient (Wildman–Crippen LogP) is 5.68. The van der Waals surface area contributed by atoms with Gasteiger partial charge in [-0.3, -0.25) is 14.9 Å². The highest BCUT2D eigenvalue weighted by atomic mass is 35.5. The normalized spacial score (nSPS) is 12.9. The Hall–Kier alpha value is -3.84. The van der Waals surface area contributed by atoms with E-state index in [2.05, 4.69) is 22.8 Å². The van der Waals surface area contributed by atoms with E-state index >= 15 is 0 Å². The Morgan fingerprint density at radius 3 is 2.23 bits per heavy atom. The van der Waals surface area contributed by atoms with Crippen LogP contribution in [-0.2, 0) is 9.53 Å². The minimum Gasteiger partial charge on any atom is -0.481 e. The lowest BCUT2D eigenvalue weighted by molar-refractivity contribution is -0.137. The van der Waals surface area contributed by atoms with Crippen LogP contribution in [-0.4, -0.2) is 35.7 Å². The highest BCUT2D eigenvalue weighted by molar-refractivity contribution is 6.34. The second-order valence-electron chi connectivity index (χ2n) is 8.45. The Balaban J connectivity index is 1.36.